The van der Waals surface area contributed by atoms with Crippen molar-refractivity contribution in [1.82, 2.24) is 5.32 Å². The van der Waals surface area contributed by atoms with Crippen LogP contribution in [0.3, 0.4) is 0 Å². The van der Waals surface area contributed by atoms with Gasteiger partial charge in [-0.3, -0.25) is 4.79 Å². The van der Waals surface area contributed by atoms with Gasteiger partial charge in [-0.2, -0.15) is 0 Å². The Hall–Kier alpha value is -0.900. The normalized spacial score (nSPS) is 14.2. The molecule has 0 spiro atoms. The fourth-order valence-corrected chi connectivity index (χ4v) is 1.42. The van der Waals surface area contributed by atoms with Crippen LogP contribution in [0.2, 0.25) is 0 Å². The molecule has 0 saturated carbocycles. The first-order valence-electron chi connectivity index (χ1n) is 5.98. The molecule has 0 rings (SSSR count). The van der Waals surface area contributed by atoms with E-state index in [0.29, 0.717) is 6.42 Å². The molecule has 0 heterocycles. The molecular weight excluding hydrogens is 206 g/mol. The van der Waals surface area contributed by atoms with Gasteiger partial charge in [-0.05, 0) is 19.4 Å². The number of esters is 2. The molecule has 0 fully saturated rings. The Bertz CT molecular complexity index is 228. The van der Waals surface area contributed by atoms with E-state index in [1.807, 2.05) is 20.8 Å². The first kappa shape index (κ1) is 15.1. The van der Waals surface area contributed by atoms with Crippen molar-refractivity contribution >= 4 is 11.9 Å². The molecular formula is C12H23NO3. The Kier molecular flexibility index (Phi) is 7.81. The van der Waals surface area contributed by atoms with E-state index in [1.54, 1.807) is 7.05 Å². The van der Waals surface area contributed by atoms with Gasteiger partial charge < -0.3 is 10.1 Å². The summed E-state index contributed by atoms with van der Waals surface area (Å²) in [4.78, 5) is 22.9. The Morgan fingerprint density at radius 2 is 1.94 bits per heavy atom. The van der Waals surface area contributed by atoms with E-state index in [1.165, 1.54) is 0 Å². The number of ether oxygens (including phenoxy) is 1. The molecule has 0 aromatic rings. The fourth-order valence-electron chi connectivity index (χ4n) is 1.42. The number of hydrogen-bond acceptors (Lipinski definition) is 4. The van der Waals surface area contributed by atoms with E-state index >= 15 is 0 Å². The van der Waals surface area contributed by atoms with Crippen LogP contribution >= 0.6 is 0 Å². The summed E-state index contributed by atoms with van der Waals surface area (Å²) in [6.07, 6.45) is 2.87. The van der Waals surface area contributed by atoms with Crippen molar-refractivity contribution in [2.75, 3.05) is 7.05 Å². The van der Waals surface area contributed by atoms with Crippen molar-refractivity contribution in [3.05, 3.63) is 0 Å². The van der Waals surface area contributed by atoms with Crippen molar-refractivity contribution in [2.45, 2.75) is 52.5 Å². The van der Waals surface area contributed by atoms with E-state index in [-0.39, 0.29) is 5.92 Å². The SMILES string of the molecule is CCCCC(=O)OC(=O)[C@@H](NC)[C@@H](C)CC. The number of carbonyl (C=O) groups is 2. The topological polar surface area (TPSA) is 55.4 Å². The second-order valence-electron chi connectivity index (χ2n) is 4.05. The summed E-state index contributed by atoms with van der Waals surface area (Å²) in [7, 11) is 1.70. The zero-order chi connectivity index (χ0) is 12.6. The third kappa shape index (κ3) is 5.26. The zero-order valence-electron chi connectivity index (χ0n) is 10.7. The van der Waals surface area contributed by atoms with Crippen LogP contribution in [-0.4, -0.2) is 25.0 Å². The molecule has 16 heavy (non-hydrogen) atoms. The van der Waals surface area contributed by atoms with E-state index in [2.05, 4.69) is 5.32 Å². The van der Waals surface area contributed by atoms with Crippen LogP contribution in [0, 0.1) is 5.92 Å². The van der Waals surface area contributed by atoms with Crippen molar-refractivity contribution in [3.8, 4) is 0 Å². The second-order valence-corrected chi connectivity index (χ2v) is 4.05. The molecule has 94 valence electrons. The summed E-state index contributed by atoms with van der Waals surface area (Å²) in [5.41, 5.74) is 0. The molecule has 0 saturated heterocycles. The number of rotatable bonds is 7. The number of likely N-dealkylation sites (N-methyl/N-ethyl adjacent to an activating group) is 1. The van der Waals surface area contributed by atoms with E-state index in [9.17, 15) is 9.59 Å². The van der Waals surface area contributed by atoms with Crippen LogP contribution < -0.4 is 5.32 Å². The monoisotopic (exact) mass is 229 g/mol. The predicted octanol–water partition coefficient (Wildman–Crippen LogP) is 1.88. The number of nitrogens with one attached hydrogen (secondary N) is 1. The smallest absolute Gasteiger partial charge is 0.331 e. The highest BCUT2D eigenvalue weighted by molar-refractivity contribution is 5.88. The molecule has 0 aliphatic heterocycles. The maximum atomic E-state index is 11.6. The van der Waals surface area contributed by atoms with Crippen molar-refractivity contribution in [3.63, 3.8) is 0 Å². The van der Waals surface area contributed by atoms with Crippen LogP contribution in [0.1, 0.15) is 46.5 Å². The van der Waals surface area contributed by atoms with Crippen molar-refractivity contribution < 1.29 is 14.3 Å². The van der Waals surface area contributed by atoms with Crippen LogP contribution in [0.4, 0.5) is 0 Å². The zero-order valence-corrected chi connectivity index (χ0v) is 10.7. The van der Waals surface area contributed by atoms with Gasteiger partial charge >= 0.3 is 11.9 Å². The molecule has 4 nitrogen and oxygen atoms in total. The summed E-state index contributed by atoms with van der Waals surface area (Å²) >= 11 is 0. The molecule has 0 radical (unpaired) electrons. The van der Waals surface area contributed by atoms with Gasteiger partial charge in [0, 0.05) is 6.42 Å². The molecule has 0 aliphatic carbocycles. The summed E-state index contributed by atoms with van der Waals surface area (Å²) in [6.45, 7) is 5.95. The highest BCUT2D eigenvalue weighted by atomic mass is 16.6. The summed E-state index contributed by atoms with van der Waals surface area (Å²) < 4.78 is 4.79. The minimum atomic E-state index is -0.460. The standard InChI is InChI=1S/C12H23NO3/c1-5-7-8-10(14)16-12(15)11(13-4)9(3)6-2/h9,11,13H,5-8H2,1-4H3/t9-,11-/m0/s1. The number of unbranched alkanes of at least 4 members (excludes halogenated alkanes) is 1. The average molecular weight is 229 g/mol. The Labute approximate surface area is 97.7 Å². The lowest BCUT2D eigenvalue weighted by atomic mass is 10.00. The highest BCUT2D eigenvalue weighted by Crippen LogP contribution is 2.09. The van der Waals surface area contributed by atoms with Gasteiger partial charge in [-0.25, -0.2) is 4.79 Å². The molecule has 0 aromatic carbocycles. The fraction of sp³-hybridized carbons (Fsp3) is 0.833. The Morgan fingerprint density at radius 3 is 2.38 bits per heavy atom. The first-order valence-corrected chi connectivity index (χ1v) is 5.98. The average Bonchev–Trinajstić information content (AvgIpc) is 2.26. The minimum absolute atomic E-state index is 0.163. The van der Waals surface area contributed by atoms with Gasteiger partial charge in [0.25, 0.3) is 0 Å². The van der Waals surface area contributed by atoms with Gasteiger partial charge in [-0.15, -0.1) is 0 Å². The molecule has 0 bridgehead atoms. The number of hydrogen-bond donors (Lipinski definition) is 1. The van der Waals surface area contributed by atoms with Gasteiger partial charge in [0.15, 0.2) is 0 Å². The largest absolute Gasteiger partial charge is 0.392 e. The third-order valence-corrected chi connectivity index (χ3v) is 2.73. The van der Waals surface area contributed by atoms with Gasteiger partial charge in [0.1, 0.15) is 6.04 Å². The third-order valence-electron chi connectivity index (χ3n) is 2.73. The van der Waals surface area contributed by atoms with Crippen LogP contribution in [-0.2, 0) is 14.3 Å². The van der Waals surface area contributed by atoms with Crippen molar-refractivity contribution in [1.29, 1.82) is 0 Å². The number of carbonyl (C=O) groups excluding carboxylic acids is 2. The quantitative estimate of drug-likeness (QED) is 0.535. The highest BCUT2D eigenvalue weighted by Gasteiger charge is 2.25. The molecule has 1 N–H and O–H groups in total. The summed E-state index contributed by atoms with van der Waals surface area (Å²) in [5.74, 6) is -0.718. The molecule has 2 atom stereocenters. The van der Waals surface area contributed by atoms with Gasteiger partial charge in [0.05, 0.1) is 0 Å². The summed E-state index contributed by atoms with van der Waals surface area (Å²) in [6, 6.07) is -0.393. The lowest BCUT2D eigenvalue weighted by molar-refractivity contribution is -0.162. The van der Waals surface area contributed by atoms with E-state index < -0.39 is 18.0 Å². The van der Waals surface area contributed by atoms with Crippen molar-refractivity contribution in [2.24, 2.45) is 5.92 Å². The molecule has 0 unspecified atom stereocenters. The Balaban J connectivity index is 4.15. The molecule has 0 amide bonds. The van der Waals surface area contributed by atoms with Gasteiger partial charge in [-0.1, -0.05) is 33.6 Å². The van der Waals surface area contributed by atoms with E-state index in [4.69, 9.17) is 4.74 Å². The molecule has 0 aromatic heterocycles. The lowest BCUT2D eigenvalue weighted by Gasteiger charge is -2.19. The lowest BCUT2D eigenvalue weighted by Crippen LogP contribution is -2.41. The minimum Gasteiger partial charge on any atom is -0.392 e. The van der Waals surface area contributed by atoms with Crippen LogP contribution in [0.15, 0.2) is 0 Å². The first-order chi connectivity index (χ1) is 7.56. The van der Waals surface area contributed by atoms with E-state index in [0.717, 1.165) is 19.3 Å². The second kappa shape index (κ2) is 8.28. The molecule has 4 heteroatoms. The predicted molar refractivity (Wildman–Crippen MR) is 62.9 cm³/mol. The summed E-state index contributed by atoms with van der Waals surface area (Å²) in [5, 5.41) is 2.89. The van der Waals surface area contributed by atoms with Crippen LogP contribution in [0.25, 0.3) is 0 Å². The maximum absolute atomic E-state index is 11.6. The van der Waals surface area contributed by atoms with Crippen LogP contribution in [0.5, 0.6) is 0 Å². The Morgan fingerprint density at radius 1 is 1.31 bits per heavy atom. The molecule has 0 aliphatic rings. The maximum Gasteiger partial charge on any atom is 0.331 e. The van der Waals surface area contributed by atoms with Gasteiger partial charge in [0.2, 0.25) is 0 Å².